The lowest BCUT2D eigenvalue weighted by Gasteiger charge is -2.30. The molecule has 0 rings (SSSR count). The van der Waals surface area contributed by atoms with Gasteiger partial charge in [0.15, 0.2) is 0 Å². The van der Waals surface area contributed by atoms with Gasteiger partial charge in [0.2, 0.25) is 0 Å². The molecule has 0 aliphatic heterocycles. The maximum atomic E-state index is 2.43. The SMILES string of the molecule is Br.CCCCCCCCCC[N+](C)(C)CCCCCCCCCC.Cl. The first kappa shape index (κ1) is 30.5. The Bertz CT molecular complexity index is 212. The summed E-state index contributed by atoms with van der Waals surface area (Å²) in [7, 11) is 4.87. The van der Waals surface area contributed by atoms with E-state index in [0.29, 0.717) is 0 Å². The predicted molar refractivity (Wildman–Crippen MR) is 125 cm³/mol. The van der Waals surface area contributed by atoms with Crippen LogP contribution in [0.3, 0.4) is 0 Å². The number of halogens is 2. The Labute approximate surface area is 177 Å². The fourth-order valence-corrected chi connectivity index (χ4v) is 3.46. The van der Waals surface area contributed by atoms with Gasteiger partial charge in [-0.2, -0.15) is 0 Å². The second-order valence-electron chi connectivity index (χ2n) is 8.33. The molecule has 0 aliphatic rings. The molecule has 3 heteroatoms. The van der Waals surface area contributed by atoms with Crippen molar-refractivity contribution in [2.75, 3.05) is 27.2 Å². The van der Waals surface area contributed by atoms with Gasteiger partial charge < -0.3 is 4.48 Å². The average molecular weight is 444 g/mol. The monoisotopic (exact) mass is 442 g/mol. The molecule has 25 heavy (non-hydrogen) atoms. The van der Waals surface area contributed by atoms with Gasteiger partial charge in [-0.05, 0) is 25.7 Å². The van der Waals surface area contributed by atoms with E-state index in [1.54, 1.807) is 0 Å². The van der Waals surface area contributed by atoms with Crippen LogP contribution in [0.5, 0.6) is 0 Å². The zero-order chi connectivity index (χ0) is 17.2. The zero-order valence-corrected chi connectivity index (χ0v) is 20.5. The largest absolute Gasteiger partial charge is 0.328 e. The summed E-state index contributed by atoms with van der Waals surface area (Å²) in [5.74, 6) is 0. The van der Waals surface area contributed by atoms with E-state index in [2.05, 4.69) is 27.9 Å². The fraction of sp³-hybridized carbons (Fsp3) is 1.00. The lowest BCUT2D eigenvalue weighted by atomic mass is 10.1. The van der Waals surface area contributed by atoms with E-state index in [4.69, 9.17) is 0 Å². The van der Waals surface area contributed by atoms with Crippen LogP contribution in [0.2, 0.25) is 0 Å². The van der Waals surface area contributed by atoms with Crippen LogP contribution in [-0.4, -0.2) is 31.7 Å². The molecule has 0 radical (unpaired) electrons. The summed E-state index contributed by atoms with van der Waals surface area (Å²) in [6.07, 6.45) is 23.0. The molecular formula is C22H50BrClN+. The van der Waals surface area contributed by atoms with Gasteiger partial charge in [-0.1, -0.05) is 90.9 Å². The summed E-state index contributed by atoms with van der Waals surface area (Å²) >= 11 is 0. The van der Waals surface area contributed by atoms with E-state index in [1.165, 1.54) is 120 Å². The van der Waals surface area contributed by atoms with Crippen molar-refractivity contribution in [1.82, 2.24) is 0 Å². The fourth-order valence-electron chi connectivity index (χ4n) is 3.46. The van der Waals surface area contributed by atoms with Gasteiger partial charge in [-0.15, -0.1) is 29.4 Å². The van der Waals surface area contributed by atoms with Crippen LogP contribution >= 0.6 is 29.4 Å². The number of quaternary nitrogens is 1. The van der Waals surface area contributed by atoms with Crippen LogP contribution in [0.1, 0.15) is 117 Å². The van der Waals surface area contributed by atoms with Crippen LogP contribution in [0.4, 0.5) is 0 Å². The Morgan fingerprint density at radius 3 is 0.960 bits per heavy atom. The standard InChI is InChI=1S/C22H48N.BrH.ClH/c1-5-7-9-11-13-15-17-19-21-23(3,4)22-20-18-16-14-12-10-8-6-2;;/h5-22H2,1-4H3;2*1H/q+1;;. The first-order valence-electron chi connectivity index (χ1n) is 10.9. The Kier molecular flexibility index (Phi) is 27.7. The van der Waals surface area contributed by atoms with Crippen molar-refractivity contribution in [1.29, 1.82) is 0 Å². The summed E-state index contributed by atoms with van der Waals surface area (Å²) in [4.78, 5) is 0. The molecule has 0 atom stereocenters. The smallest absolute Gasteiger partial charge is 0.0782 e. The first-order chi connectivity index (χ1) is 11.1. The minimum Gasteiger partial charge on any atom is -0.328 e. The molecule has 0 saturated heterocycles. The molecule has 0 aromatic rings. The quantitative estimate of drug-likeness (QED) is 0.147. The van der Waals surface area contributed by atoms with Crippen molar-refractivity contribution in [3.8, 4) is 0 Å². The van der Waals surface area contributed by atoms with Crippen LogP contribution < -0.4 is 0 Å². The Balaban J connectivity index is -0.00000242. The lowest BCUT2D eigenvalue weighted by molar-refractivity contribution is -0.890. The number of hydrogen-bond acceptors (Lipinski definition) is 0. The maximum absolute atomic E-state index is 2.43. The van der Waals surface area contributed by atoms with Crippen LogP contribution in [0.15, 0.2) is 0 Å². The van der Waals surface area contributed by atoms with Crippen LogP contribution in [0, 0.1) is 0 Å². The van der Waals surface area contributed by atoms with Gasteiger partial charge in [-0.25, -0.2) is 0 Å². The predicted octanol–water partition coefficient (Wildman–Crippen LogP) is 8.34. The number of unbranched alkanes of at least 4 members (excludes halogenated alkanes) is 14. The third-order valence-corrected chi connectivity index (χ3v) is 5.23. The first-order valence-corrected chi connectivity index (χ1v) is 10.9. The molecule has 0 unspecified atom stereocenters. The minimum atomic E-state index is 0. The highest BCUT2D eigenvalue weighted by atomic mass is 79.9. The van der Waals surface area contributed by atoms with E-state index in [-0.39, 0.29) is 29.4 Å². The van der Waals surface area contributed by atoms with Crippen LogP contribution in [-0.2, 0) is 0 Å². The summed E-state index contributed by atoms with van der Waals surface area (Å²) in [5, 5.41) is 0. The van der Waals surface area contributed by atoms with E-state index in [0.717, 1.165) is 0 Å². The van der Waals surface area contributed by atoms with Crippen molar-refractivity contribution >= 4 is 29.4 Å². The number of nitrogens with zero attached hydrogens (tertiary/aromatic N) is 1. The highest BCUT2D eigenvalue weighted by molar-refractivity contribution is 8.93. The van der Waals surface area contributed by atoms with Crippen molar-refractivity contribution in [3.05, 3.63) is 0 Å². The van der Waals surface area contributed by atoms with Gasteiger partial charge in [0, 0.05) is 0 Å². The lowest BCUT2D eigenvalue weighted by Crippen LogP contribution is -2.41. The van der Waals surface area contributed by atoms with E-state index in [1.807, 2.05) is 0 Å². The van der Waals surface area contributed by atoms with Gasteiger partial charge in [0.1, 0.15) is 0 Å². The molecule has 156 valence electrons. The number of rotatable bonds is 18. The Morgan fingerprint density at radius 2 is 0.680 bits per heavy atom. The van der Waals surface area contributed by atoms with Crippen molar-refractivity contribution in [2.45, 2.75) is 117 Å². The van der Waals surface area contributed by atoms with E-state index in [9.17, 15) is 0 Å². The molecule has 0 aromatic heterocycles. The third-order valence-electron chi connectivity index (χ3n) is 5.23. The van der Waals surface area contributed by atoms with E-state index < -0.39 is 0 Å². The van der Waals surface area contributed by atoms with Gasteiger partial charge in [0.25, 0.3) is 0 Å². The maximum Gasteiger partial charge on any atom is 0.0782 e. The number of hydrogen-bond donors (Lipinski definition) is 0. The molecule has 0 bridgehead atoms. The Morgan fingerprint density at radius 1 is 0.440 bits per heavy atom. The third kappa shape index (κ3) is 24.7. The molecule has 1 nitrogen and oxygen atoms in total. The highest BCUT2D eigenvalue weighted by Crippen LogP contribution is 2.13. The summed E-state index contributed by atoms with van der Waals surface area (Å²) < 4.78 is 1.24. The van der Waals surface area contributed by atoms with Gasteiger partial charge in [0.05, 0.1) is 27.2 Å². The van der Waals surface area contributed by atoms with Gasteiger partial charge >= 0.3 is 0 Å². The highest BCUT2D eigenvalue weighted by Gasteiger charge is 2.13. The van der Waals surface area contributed by atoms with E-state index >= 15 is 0 Å². The molecular weight excluding hydrogens is 394 g/mol. The van der Waals surface area contributed by atoms with Gasteiger partial charge in [-0.3, -0.25) is 0 Å². The zero-order valence-electron chi connectivity index (χ0n) is 18.0. The minimum absolute atomic E-state index is 0. The summed E-state index contributed by atoms with van der Waals surface area (Å²) in [6, 6.07) is 0. The van der Waals surface area contributed by atoms with Crippen molar-refractivity contribution < 1.29 is 4.48 Å². The van der Waals surface area contributed by atoms with Crippen molar-refractivity contribution in [2.24, 2.45) is 0 Å². The normalized spacial score (nSPS) is 11.0. The van der Waals surface area contributed by atoms with Crippen molar-refractivity contribution in [3.63, 3.8) is 0 Å². The topological polar surface area (TPSA) is 0 Å². The Hall–Kier alpha value is 0.730. The average Bonchev–Trinajstić information content (AvgIpc) is 2.52. The second kappa shape index (κ2) is 22.8. The molecule has 0 fully saturated rings. The summed E-state index contributed by atoms with van der Waals surface area (Å²) in [6.45, 7) is 7.36. The molecule has 0 aromatic carbocycles. The molecule has 0 aliphatic carbocycles. The molecule has 0 saturated carbocycles. The summed E-state index contributed by atoms with van der Waals surface area (Å²) in [5.41, 5.74) is 0. The second-order valence-corrected chi connectivity index (χ2v) is 8.33. The molecule has 0 N–H and O–H groups in total. The molecule has 0 heterocycles. The van der Waals surface area contributed by atoms with Crippen LogP contribution in [0.25, 0.3) is 0 Å². The molecule has 0 amide bonds. The molecule has 0 spiro atoms.